The monoisotopic (exact) mass is 319 g/mol. The van der Waals surface area contributed by atoms with Crippen LogP contribution >= 0.6 is 0 Å². The number of carbonyl (C=O) groups is 3. The van der Waals surface area contributed by atoms with Crippen LogP contribution in [0.4, 0.5) is 5.69 Å². The van der Waals surface area contributed by atoms with Crippen molar-refractivity contribution in [3.63, 3.8) is 0 Å². The third-order valence-corrected chi connectivity index (χ3v) is 3.42. The zero-order valence-corrected chi connectivity index (χ0v) is 13.1. The minimum absolute atomic E-state index is 0.00461. The van der Waals surface area contributed by atoms with E-state index in [-0.39, 0.29) is 30.7 Å². The number of benzene rings is 1. The minimum atomic E-state index is -0.151. The molecule has 23 heavy (non-hydrogen) atoms. The van der Waals surface area contributed by atoms with Gasteiger partial charge in [-0.15, -0.1) is 0 Å². The summed E-state index contributed by atoms with van der Waals surface area (Å²) in [4.78, 5) is 36.1. The normalized spacial score (nSPS) is 13.1. The van der Waals surface area contributed by atoms with Crippen LogP contribution in [0.1, 0.15) is 19.8 Å². The number of carbonyl (C=O) groups excluding carboxylic acids is 3. The summed E-state index contributed by atoms with van der Waals surface area (Å²) in [6.45, 7) is 2.79. The van der Waals surface area contributed by atoms with Crippen molar-refractivity contribution in [2.24, 2.45) is 0 Å². The van der Waals surface area contributed by atoms with E-state index in [9.17, 15) is 14.4 Å². The molecule has 0 spiro atoms. The van der Waals surface area contributed by atoms with Crippen LogP contribution in [0.25, 0.3) is 0 Å². The van der Waals surface area contributed by atoms with Gasteiger partial charge in [-0.2, -0.15) is 0 Å². The Bertz CT molecular complexity index is 588. The Morgan fingerprint density at radius 3 is 2.74 bits per heavy atom. The van der Waals surface area contributed by atoms with Gasteiger partial charge in [0.15, 0.2) is 6.61 Å². The maximum atomic E-state index is 12.0. The van der Waals surface area contributed by atoms with E-state index in [0.717, 1.165) is 0 Å². The number of rotatable bonds is 7. The smallest absolute Gasteiger partial charge is 0.265 e. The molecule has 7 heteroatoms. The molecule has 1 aromatic rings. The molecule has 0 atom stereocenters. The highest BCUT2D eigenvalue weighted by molar-refractivity contribution is 5.98. The highest BCUT2D eigenvalue weighted by Gasteiger charge is 2.25. The number of hydrogen-bond donors (Lipinski definition) is 2. The van der Waals surface area contributed by atoms with Crippen LogP contribution < -0.4 is 20.3 Å². The Kier molecular flexibility index (Phi) is 5.96. The van der Waals surface area contributed by atoms with Gasteiger partial charge in [0.25, 0.3) is 5.91 Å². The van der Waals surface area contributed by atoms with E-state index in [2.05, 4.69) is 10.6 Å². The van der Waals surface area contributed by atoms with Crippen LogP contribution in [-0.2, 0) is 14.4 Å². The van der Waals surface area contributed by atoms with Crippen molar-refractivity contribution in [2.75, 3.05) is 31.1 Å². The van der Waals surface area contributed by atoms with E-state index in [1.165, 1.54) is 6.92 Å². The van der Waals surface area contributed by atoms with Gasteiger partial charge in [0.1, 0.15) is 5.75 Å². The lowest BCUT2D eigenvalue weighted by molar-refractivity contribution is -0.122. The second-order valence-corrected chi connectivity index (χ2v) is 5.24. The molecule has 124 valence electrons. The van der Waals surface area contributed by atoms with Crippen LogP contribution in [-0.4, -0.2) is 44.0 Å². The Morgan fingerprint density at radius 1 is 1.22 bits per heavy atom. The van der Waals surface area contributed by atoms with Crippen molar-refractivity contribution in [1.82, 2.24) is 10.6 Å². The average molecular weight is 319 g/mol. The summed E-state index contributed by atoms with van der Waals surface area (Å²) >= 11 is 0. The van der Waals surface area contributed by atoms with Gasteiger partial charge in [0.05, 0.1) is 5.69 Å². The number of anilines is 1. The Labute approximate surface area is 135 Å². The van der Waals surface area contributed by atoms with E-state index in [1.54, 1.807) is 17.0 Å². The van der Waals surface area contributed by atoms with Crippen molar-refractivity contribution >= 4 is 23.4 Å². The van der Waals surface area contributed by atoms with Crippen molar-refractivity contribution in [3.8, 4) is 5.75 Å². The molecule has 1 heterocycles. The van der Waals surface area contributed by atoms with E-state index in [4.69, 9.17) is 4.74 Å². The fourth-order valence-electron chi connectivity index (χ4n) is 2.28. The lowest BCUT2D eigenvalue weighted by Crippen LogP contribution is -2.41. The second-order valence-electron chi connectivity index (χ2n) is 5.24. The lowest BCUT2D eigenvalue weighted by Gasteiger charge is -2.29. The van der Waals surface area contributed by atoms with Crippen molar-refractivity contribution < 1.29 is 19.1 Å². The van der Waals surface area contributed by atoms with Gasteiger partial charge in [0, 0.05) is 33.0 Å². The summed E-state index contributed by atoms with van der Waals surface area (Å²) in [7, 11) is 0. The van der Waals surface area contributed by atoms with Gasteiger partial charge >= 0.3 is 0 Å². The van der Waals surface area contributed by atoms with Crippen LogP contribution in [0.2, 0.25) is 0 Å². The first-order valence-corrected chi connectivity index (χ1v) is 7.61. The number of nitrogens with zero attached hydrogens (tertiary/aromatic N) is 1. The first kappa shape index (κ1) is 16.8. The first-order chi connectivity index (χ1) is 11.1. The third-order valence-electron chi connectivity index (χ3n) is 3.42. The molecule has 0 unspecified atom stereocenters. The van der Waals surface area contributed by atoms with Gasteiger partial charge in [-0.3, -0.25) is 14.4 Å². The molecular formula is C16H21N3O4. The molecule has 0 saturated heterocycles. The molecule has 1 aliphatic rings. The molecule has 0 saturated carbocycles. The first-order valence-electron chi connectivity index (χ1n) is 7.61. The van der Waals surface area contributed by atoms with Crippen LogP contribution in [0.15, 0.2) is 24.3 Å². The van der Waals surface area contributed by atoms with Crippen molar-refractivity contribution in [1.29, 1.82) is 0 Å². The Balaban J connectivity index is 1.76. The maximum absolute atomic E-state index is 12.0. The third kappa shape index (κ3) is 4.98. The fourth-order valence-corrected chi connectivity index (χ4v) is 2.28. The SMILES string of the molecule is CC(=O)NCCCNC(=O)CCN1C(=O)COc2ccccc21. The zero-order valence-electron chi connectivity index (χ0n) is 13.1. The minimum Gasteiger partial charge on any atom is -0.482 e. The summed E-state index contributed by atoms with van der Waals surface area (Å²) in [6, 6.07) is 7.28. The molecule has 0 aliphatic carbocycles. The van der Waals surface area contributed by atoms with E-state index in [0.29, 0.717) is 37.5 Å². The molecule has 2 N–H and O–H groups in total. The molecule has 0 bridgehead atoms. The Morgan fingerprint density at radius 2 is 1.96 bits per heavy atom. The number of para-hydroxylation sites is 2. The molecule has 7 nitrogen and oxygen atoms in total. The lowest BCUT2D eigenvalue weighted by atomic mass is 10.2. The predicted octanol–water partition coefficient (Wildman–Crippen LogP) is 0.445. The second kappa shape index (κ2) is 8.17. The highest BCUT2D eigenvalue weighted by Crippen LogP contribution is 2.31. The number of ether oxygens (including phenoxy) is 1. The number of amides is 3. The van der Waals surface area contributed by atoms with Gasteiger partial charge < -0.3 is 20.3 Å². The Hall–Kier alpha value is -2.57. The number of hydrogen-bond acceptors (Lipinski definition) is 4. The van der Waals surface area contributed by atoms with Crippen LogP contribution in [0.3, 0.4) is 0 Å². The zero-order chi connectivity index (χ0) is 16.7. The van der Waals surface area contributed by atoms with Crippen LogP contribution in [0, 0.1) is 0 Å². The fraction of sp³-hybridized carbons (Fsp3) is 0.438. The molecule has 0 aromatic heterocycles. The quantitative estimate of drug-likeness (QED) is 0.714. The molecule has 0 radical (unpaired) electrons. The molecular weight excluding hydrogens is 298 g/mol. The van der Waals surface area contributed by atoms with E-state index < -0.39 is 0 Å². The molecule has 3 amide bonds. The summed E-state index contributed by atoms with van der Waals surface area (Å²) in [5.41, 5.74) is 0.696. The standard InChI is InChI=1S/C16H21N3O4/c1-12(20)17-8-4-9-18-15(21)7-10-19-13-5-2-3-6-14(13)23-11-16(19)22/h2-3,5-6H,4,7-11H2,1H3,(H,17,20)(H,18,21). The molecule has 1 aromatic carbocycles. The molecule has 0 fully saturated rings. The topological polar surface area (TPSA) is 87.7 Å². The van der Waals surface area contributed by atoms with E-state index >= 15 is 0 Å². The molecule has 1 aliphatic heterocycles. The van der Waals surface area contributed by atoms with E-state index in [1.807, 2.05) is 12.1 Å². The van der Waals surface area contributed by atoms with Crippen molar-refractivity contribution in [2.45, 2.75) is 19.8 Å². The largest absolute Gasteiger partial charge is 0.482 e. The average Bonchev–Trinajstić information content (AvgIpc) is 2.53. The highest BCUT2D eigenvalue weighted by atomic mass is 16.5. The molecule has 2 rings (SSSR count). The maximum Gasteiger partial charge on any atom is 0.265 e. The van der Waals surface area contributed by atoms with Gasteiger partial charge in [0.2, 0.25) is 11.8 Å². The van der Waals surface area contributed by atoms with Crippen molar-refractivity contribution in [3.05, 3.63) is 24.3 Å². The summed E-state index contributed by atoms with van der Waals surface area (Å²) in [5.74, 6) is 0.301. The van der Waals surface area contributed by atoms with Gasteiger partial charge in [-0.25, -0.2) is 0 Å². The number of nitrogens with one attached hydrogen (secondary N) is 2. The van der Waals surface area contributed by atoms with Crippen LogP contribution in [0.5, 0.6) is 5.75 Å². The van der Waals surface area contributed by atoms with Gasteiger partial charge in [-0.1, -0.05) is 12.1 Å². The summed E-state index contributed by atoms with van der Waals surface area (Å²) in [6.07, 6.45) is 0.894. The van der Waals surface area contributed by atoms with Gasteiger partial charge in [-0.05, 0) is 18.6 Å². The number of fused-ring (bicyclic) bond motifs is 1. The summed E-state index contributed by atoms with van der Waals surface area (Å²) in [5, 5.41) is 5.44. The summed E-state index contributed by atoms with van der Waals surface area (Å²) < 4.78 is 5.36. The predicted molar refractivity (Wildman–Crippen MR) is 85.2 cm³/mol.